The summed E-state index contributed by atoms with van der Waals surface area (Å²) in [6, 6.07) is 2.99. The highest BCUT2D eigenvalue weighted by Crippen LogP contribution is 2.16. The van der Waals surface area contributed by atoms with Crippen molar-refractivity contribution in [1.82, 2.24) is 15.3 Å². The van der Waals surface area contributed by atoms with E-state index in [1.807, 2.05) is 0 Å². The fourth-order valence-electron chi connectivity index (χ4n) is 1.78. The van der Waals surface area contributed by atoms with E-state index in [2.05, 4.69) is 22.3 Å². The fourth-order valence-corrected chi connectivity index (χ4v) is 1.78. The highest BCUT2D eigenvalue weighted by atomic mass is 16.5. The molecule has 1 aliphatic carbocycles. The number of rotatable bonds is 2. The molecule has 1 fully saturated rings. The van der Waals surface area contributed by atoms with E-state index in [0.29, 0.717) is 6.01 Å². The van der Waals surface area contributed by atoms with Gasteiger partial charge in [0.25, 0.3) is 0 Å². The summed E-state index contributed by atoms with van der Waals surface area (Å²) < 4.78 is 4.69. The van der Waals surface area contributed by atoms with Crippen LogP contribution in [-0.2, 0) is 0 Å². The third-order valence-electron chi connectivity index (χ3n) is 2.74. The molecule has 0 bridgehead atoms. The lowest BCUT2D eigenvalue weighted by atomic mass is 9.96. The van der Waals surface area contributed by atoms with Crippen molar-refractivity contribution in [2.24, 2.45) is 0 Å². The second-order valence-corrected chi connectivity index (χ2v) is 3.86. The van der Waals surface area contributed by atoms with Gasteiger partial charge >= 0.3 is 6.01 Å². The van der Waals surface area contributed by atoms with Gasteiger partial charge in [-0.15, -0.1) is 0 Å². The second kappa shape index (κ2) is 8.05. The van der Waals surface area contributed by atoms with Gasteiger partial charge in [-0.2, -0.15) is 0 Å². The average molecular weight is 223 g/mol. The zero-order valence-electron chi connectivity index (χ0n) is 10.1. The second-order valence-electron chi connectivity index (χ2n) is 3.86. The molecular formula is C12H21N3O. The summed E-state index contributed by atoms with van der Waals surface area (Å²) >= 11 is 0. The van der Waals surface area contributed by atoms with Crippen LogP contribution in [0.5, 0.6) is 6.01 Å². The Labute approximate surface area is 97.5 Å². The number of ether oxygens (including phenoxy) is 1. The summed E-state index contributed by atoms with van der Waals surface area (Å²) in [4.78, 5) is 7.53. The van der Waals surface area contributed by atoms with Crippen LogP contribution in [0.4, 0.5) is 0 Å². The Morgan fingerprint density at radius 1 is 1.19 bits per heavy atom. The summed E-state index contributed by atoms with van der Waals surface area (Å²) in [5.41, 5.74) is 0. The Morgan fingerprint density at radius 2 is 1.81 bits per heavy atom. The van der Waals surface area contributed by atoms with Gasteiger partial charge in [-0.05, 0) is 26.0 Å². The molecule has 1 aromatic heterocycles. The predicted octanol–water partition coefficient (Wildman–Crippen LogP) is 2.02. The molecule has 1 heterocycles. The summed E-state index contributed by atoms with van der Waals surface area (Å²) in [7, 11) is 3.60. The molecule has 1 aromatic rings. The molecule has 4 heteroatoms. The van der Waals surface area contributed by atoms with Gasteiger partial charge in [-0.3, -0.25) is 0 Å². The molecule has 2 rings (SSSR count). The molecule has 0 amide bonds. The molecule has 0 atom stereocenters. The van der Waals surface area contributed by atoms with Gasteiger partial charge in [-0.25, -0.2) is 9.97 Å². The van der Waals surface area contributed by atoms with E-state index in [1.54, 1.807) is 18.5 Å². The Bertz CT molecular complexity index is 260. The number of hydrogen-bond donors (Lipinski definition) is 1. The molecule has 0 aliphatic heterocycles. The molecule has 4 nitrogen and oxygen atoms in total. The number of methoxy groups -OCH3 is 1. The van der Waals surface area contributed by atoms with E-state index in [0.717, 1.165) is 6.04 Å². The maximum absolute atomic E-state index is 4.69. The Morgan fingerprint density at radius 3 is 2.19 bits per heavy atom. The van der Waals surface area contributed by atoms with Crippen molar-refractivity contribution in [3.8, 4) is 6.01 Å². The van der Waals surface area contributed by atoms with E-state index in [-0.39, 0.29) is 0 Å². The smallest absolute Gasteiger partial charge is 0.315 e. The molecule has 90 valence electrons. The van der Waals surface area contributed by atoms with Crippen molar-refractivity contribution in [1.29, 1.82) is 0 Å². The quantitative estimate of drug-likeness (QED) is 0.833. The van der Waals surface area contributed by atoms with E-state index >= 15 is 0 Å². The molecule has 0 unspecified atom stereocenters. The normalized spacial score (nSPS) is 16.1. The predicted molar refractivity (Wildman–Crippen MR) is 64.5 cm³/mol. The molecule has 0 saturated heterocycles. The fraction of sp³-hybridized carbons (Fsp3) is 0.667. The molecule has 0 spiro atoms. The minimum atomic E-state index is 0.410. The molecule has 1 saturated carbocycles. The Balaban J connectivity index is 0.000000160. The third-order valence-corrected chi connectivity index (χ3v) is 2.74. The minimum absolute atomic E-state index is 0.410. The molecule has 16 heavy (non-hydrogen) atoms. The van der Waals surface area contributed by atoms with Crippen molar-refractivity contribution < 1.29 is 4.74 Å². The van der Waals surface area contributed by atoms with Crippen molar-refractivity contribution in [3.05, 3.63) is 18.5 Å². The Kier molecular flexibility index (Phi) is 6.49. The van der Waals surface area contributed by atoms with Gasteiger partial charge < -0.3 is 10.1 Å². The van der Waals surface area contributed by atoms with Crippen molar-refractivity contribution in [2.75, 3.05) is 14.2 Å². The van der Waals surface area contributed by atoms with E-state index in [9.17, 15) is 0 Å². The van der Waals surface area contributed by atoms with Gasteiger partial charge in [0.15, 0.2) is 0 Å². The third kappa shape index (κ3) is 5.07. The number of nitrogens with zero attached hydrogens (tertiary/aromatic N) is 2. The van der Waals surface area contributed by atoms with E-state index in [4.69, 9.17) is 4.74 Å². The molecule has 1 aliphatic rings. The van der Waals surface area contributed by atoms with Crippen LogP contribution in [0, 0.1) is 0 Å². The maximum Gasteiger partial charge on any atom is 0.315 e. The van der Waals surface area contributed by atoms with Gasteiger partial charge in [0, 0.05) is 18.4 Å². The largest absolute Gasteiger partial charge is 0.467 e. The molecule has 0 radical (unpaired) electrons. The highest BCUT2D eigenvalue weighted by molar-refractivity contribution is 4.92. The van der Waals surface area contributed by atoms with Crippen molar-refractivity contribution in [2.45, 2.75) is 38.1 Å². The van der Waals surface area contributed by atoms with Crippen LogP contribution < -0.4 is 10.1 Å². The van der Waals surface area contributed by atoms with Crippen LogP contribution >= 0.6 is 0 Å². The number of nitrogens with one attached hydrogen (secondary N) is 1. The van der Waals surface area contributed by atoms with Crippen LogP contribution in [-0.4, -0.2) is 30.2 Å². The molecule has 1 N–H and O–H groups in total. The van der Waals surface area contributed by atoms with Gasteiger partial charge in [0.05, 0.1) is 7.11 Å². The van der Waals surface area contributed by atoms with Crippen LogP contribution in [0.1, 0.15) is 32.1 Å². The topological polar surface area (TPSA) is 47.0 Å². The average Bonchev–Trinajstić information content (AvgIpc) is 2.41. The first-order chi connectivity index (χ1) is 7.86. The van der Waals surface area contributed by atoms with Gasteiger partial charge in [0.1, 0.15) is 0 Å². The van der Waals surface area contributed by atoms with Gasteiger partial charge in [-0.1, -0.05) is 19.3 Å². The van der Waals surface area contributed by atoms with Crippen LogP contribution in [0.15, 0.2) is 18.5 Å². The zero-order valence-corrected chi connectivity index (χ0v) is 10.1. The lowest BCUT2D eigenvalue weighted by molar-refractivity contribution is 0.379. The maximum atomic E-state index is 4.69. The van der Waals surface area contributed by atoms with E-state index < -0.39 is 0 Å². The molecular weight excluding hydrogens is 202 g/mol. The highest BCUT2D eigenvalue weighted by Gasteiger charge is 2.09. The minimum Gasteiger partial charge on any atom is -0.467 e. The first kappa shape index (κ1) is 12.9. The summed E-state index contributed by atoms with van der Waals surface area (Å²) in [6.07, 6.45) is 10.4. The SMILES string of the molecule is CNC1CCCCC1.COc1ncccn1. The monoisotopic (exact) mass is 223 g/mol. The van der Waals surface area contributed by atoms with E-state index in [1.165, 1.54) is 39.2 Å². The van der Waals surface area contributed by atoms with Crippen molar-refractivity contribution >= 4 is 0 Å². The van der Waals surface area contributed by atoms with Crippen molar-refractivity contribution in [3.63, 3.8) is 0 Å². The van der Waals surface area contributed by atoms with Crippen LogP contribution in [0.3, 0.4) is 0 Å². The standard InChI is InChI=1S/C7H15N.C5H6N2O/c1-8-7-5-3-2-4-6-7;1-8-5-6-3-2-4-7-5/h7-8H,2-6H2,1H3;2-4H,1H3. The Hall–Kier alpha value is -1.16. The van der Waals surface area contributed by atoms with Crippen LogP contribution in [0.2, 0.25) is 0 Å². The lowest BCUT2D eigenvalue weighted by Gasteiger charge is -2.20. The molecule has 0 aromatic carbocycles. The summed E-state index contributed by atoms with van der Waals surface area (Å²) in [5.74, 6) is 0. The first-order valence-electron chi connectivity index (χ1n) is 5.85. The number of aromatic nitrogens is 2. The van der Waals surface area contributed by atoms with Crippen LogP contribution in [0.25, 0.3) is 0 Å². The summed E-state index contributed by atoms with van der Waals surface area (Å²) in [6.45, 7) is 0. The lowest BCUT2D eigenvalue weighted by Crippen LogP contribution is -2.26. The zero-order chi connectivity index (χ0) is 11.6. The van der Waals surface area contributed by atoms with Gasteiger partial charge in [0.2, 0.25) is 0 Å². The summed E-state index contributed by atoms with van der Waals surface area (Å²) in [5, 5.41) is 3.30. The number of hydrogen-bond acceptors (Lipinski definition) is 4. The first-order valence-corrected chi connectivity index (χ1v) is 5.85.